The number of hydrogen-bond donors (Lipinski definition) is 1. The van der Waals surface area contributed by atoms with Crippen LogP contribution >= 0.6 is 0 Å². The second-order valence-corrected chi connectivity index (χ2v) is 4.53. The molecule has 1 aliphatic heterocycles. The van der Waals surface area contributed by atoms with Gasteiger partial charge in [0.05, 0.1) is 0 Å². The fourth-order valence-electron chi connectivity index (χ4n) is 2.09. The summed E-state index contributed by atoms with van der Waals surface area (Å²) in [7, 11) is 0. The van der Waals surface area contributed by atoms with E-state index in [9.17, 15) is 9.59 Å². The molecule has 6 heteroatoms. The highest BCUT2D eigenvalue weighted by molar-refractivity contribution is 5.78. The maximum absolute atomic E-state index is 11.7. The Hall–Kier alpha value is -1.14. The van der Waals surface area contributed by atoms with E-state index < -0.39 is 12.6 Å². The number of hydrogen-bond acceptors (Lipinski definition) is 4. The van der Waals surface area contributed by atoms with Crippen molar-refractivity contribution in [3.63, 3.8) is 0 Å². The first-order valence-electron chi connectivity index (χ1n) is 5.98. The maximum atomic E-state index is 11.7. The summed E-state index contributed by atoms with van der Waals surface area (Å²) in [5.41, 5.74) is 0. The molecule has 6 nitrogen and oxygen atoms in total. The lowest BCUT2D eigenvalue weighted by Gasteiger charge is -2.34. The molecule has 0 aromatic heterocycles. The topological polar surface area (TPSA) is 70.1 Å². The zero-order valence-corrected chi connectivity index (χ0v) is 9.80. The Morgan fingerprint density at radius 2 is 1.76 bits per heavy atom. The van der Waals surface area contributed by atoms with E-state index >= 15 is 0 Å². The molecule has 0 atom stereocenters. The molecule has 0 radical (unpaired) electrons. The Kier molecular flexibility index (Phi) is 3.96. The molecule has 0 aromatic rings. The molecule has 1 N–H and O–H groups in total. The minimum Gasteiger partial charge on any atom is -0.480 e. The number of nitrogens with zero attached hydrogens (tertiary/aromatic N) is 2. The summed E-state index contributed by atoms with van der Waals surface area (Å²) >= 11 is 0. The number of piperazine rings is 1. The molecule has 1 amide bonds. The van der Waals surface area contributed by atoms with Crippen LogP contribution < -0.4 is 0 Å². The monoisotopic (exact) mass is 242 g/mol. The van der Waals surface area contributed by atoms with E-state index in [-0.39, 0.29) is 12.5 Å². The quantitative estimate of drug-likeness (QED) is 0.696. The van der Waals surface area contributed by atoms with E-state index in [1.54, 1.807) is 4.90 Å². The molecule has 0 unspecified atom stereocenters. The van der Waals surface area contributed by atoms with Gasteiger partial charge >= 0.3 is 5.97 Å². The predicted molar refractivity (Wildman–Crippen MR) is 59.6 cm³/mol. The van der Waals surface area contributed by atoms with Gasteiger partial charge in [-0.2, -0.15) is 0 Å². The smallest absolute Gasteiger partial charge is 0.329 e. The number of amides is 1. The summed E-state index contributed by atoms with van der Waals surface area (Å²) < 4.78 is 4.79. The first-order valence-corrected chi connectivity index (χ1v) is 5.98. The lowest BCUT2D eigenvalue weighted by molar-refractivity contribution is -0.146. The molecule has 17 heavy (non-hydrogen) atoms. The Balaban J connectivity index is 1.65. The second kappa shape index (κ2) is 5.46. The minimum atomic E-state index is -1.05. The molecule has 0 bridgehead atoms. The van der Waals surface area contributed by atoms with Crippen LogP contribution in [0.4, 0.5) is 0 Å². The molecular formula is C11H18N2O4. The highest BCUT2D eigenvalue weighted by Crippen LogP contribution is 2.27. The van der Waals surface area contributed by atoms with Crippen molar-refractivity contribution in [1.82, 2.24) is 9.80 Å². The van der Waals surface area contributed by atoms with Crippen LogP contribution in [0, 0.1) is 0 Å². The average Bonchev–Trinajstić information content (AvgIpc) is 3.12. The zero-order valence-electron chi connectivity index (χ0n) is 9.80. The van der Waals surface area contributed by atoms with Crippen molar-refractivity contribution >= 4 is 11.9 Å². The molecule has 1 saturated heterocycles. The largest absolute Gasteiger partial charge is 0.480 e. The van der Waals surface area contributed by atoms with Gasteiger partial charge in [0, 0.05) is 32.2 Å². The van der Waals surface area contributed by atoms with E-state index in [1.807, 2.05) is 0 Å². The Morgan fingerprint density at radius 3 is 2.29 bits per heavy atom. The van der Waals surface area contributed by atoms with Crippen LogP contribution in [-0.4, -0.2) is 72.2 Å². The van der Waals surface area contributed by atoms with Crippen molar-refractivity contribution in [2.75, 3.05) is 39.4 Å². The fraction of sp³-hybridized carbons (Fsp3) is 0.818. The summed E-state index contributed by atoms with van der Waals surface area (Å²) in [5.74, 6) is -1.15. The third-order valence-corrected chi connectivity index (χ3v) is 3.18. The molecule has 0 spiro atoms. The number of aliphatic carboxylic acids is 1. The molecule has 96 valence electrons. The highest BCUT2D eigenvalue weighted by atomic mass is 16.5. The van der Waals surface area contributed by atoms with Crippen LogP contribution in [0.3, 0.4) is 0 Å². The lowest BCUT2D eigenvalue weighted by Crippen LogP contribution is -2.50. The van der Waals surface area contributed by atoms with Gasteiger partial charge in [-0.1, -0.05) is 0 Å². The minimum absolute atomic E-state index is 0.110. The molecule has 1 aliphatic carbocycles. The van der Waals surface area contributed by atoms with Gasteiger partial charge in [-0.3, -0.25) is 9.69 Å². The standard InChI is InChI=1S/C11H18N2O4/c14-10(7-17-8-11(15)16)13-5-3-12(4-6-13)9-1-2-9/h9H,1-8H2,(H,15,16). The van der Waals surface area contributed by atoms with E-state index in [4.69, 9.17) is 9.84 Å². The van der Waals surface area contributed by atoms with Crippen LogP contribution in [0.25, 0.3) is 0 Å². The van der Waals surface area contributed by atoms with Crippen molar-refractivity contribution in [2.45, 2.75) is 18.9 Å². The summed E-state index contributed by atoms with van der Waals surface area (Å²) in [5, 5.41) is 8.38. The van der Waals surface area contributed by atoms with E-state index in [0.717, 1.165) is 32.2 Å². The van der Waals surface area contributed by atoms with Crippen molar-refractivity contribution in [3.05, 3.63) is 0 Å². The predicted octanol–water partition coefficient (Wildman–Crippen LogP) is -0.606. The van der Waals surface area contributed by atoms with Crippen molar-refractivity contribution in [3.8, 4) is 0 Å². The molecule has 0 aromatic carbocycles. The first kappa shape index (κ1) is 12.3. The molecule has 1 saturated carbocycles. The van der Waals surface area contributed by atoms with Gasteiger partial charge in [-0.15, -0.1) is 0 Å². The summed E-state index contributed by atoms with van der Waals surface area (Å²) in [4.78, 5) is 26.1. The Bertz CT molecular complexity index is 296. The number of carboxylic acid groups (broad SMARTS) is 1. The summed E-state index contributed by atoms with van der Waals surface area (Å²) in [6, 6.07) is 0.746. The van der Waals surface area contributed by atoms with Gasteiger partial charge in [-0.25, -0.2) is 4.79 Å². The second-order valence-electron chi connectivity index (χ2n) is 4.53. The van der Waals surface area contributed by atoms with Crippen molar-refractivity contribution in [1.29, 1.82) is 0 Å². The van der Waals surface area contributed by atoms with Crippen molar-refractivity contribution < 1.29 is 19.4 Å². The van der Waals surface area contributed by atoms with Crippen LogP contribution in [-0.2, 0) is 14.3 Å². The third-order valence-electron chi connectivity index (χ3n) is 3.18. The number of rotatable bonds is 5. The van der Waals surface area contributed by atoms with Gasteiger partial charge in [0.25, 0.3) is 0 Å². The number of carboxylic acids is 1. The van der Waals surface area contributed by atoms with Gasteiger partial charge < -0.3 is 14.7 Å². The normalized spacial score (nSPS) is 21.5. The molecule has 2 aliphatic rings. The van der Waals surface area contributed by atoms with Gasteiger partial charge in [0.15, 0.2) is 0 Å². The van der Waals surface area contributed by atoms with Crippen LogP contribution in [0.2, 0.25) is 0 Å². The third kappa shape index (κ3) is 3.67. The summed E-state index contributed by atoms with van der Waals surface area (Å²) in [6.45, 7) is 2.77. The van der Waals surface area contributed by atoms with Crippen molar-refractivity contribution in [2.24, 2.45) is 0 Å². The molecular weight excluding hydrogens is 224 g/mol. The maximum Gasteiger partial charge on any atom is 0.329 e. The molecule has 1 heterocycles. The number of ether oxygens (including phenoxy) is 1. The van der Waals surface area contributed by atoms with Crippen LogP contribution in [0.15, 0.2) is 0 Å². The van der Waals surface area contributed by atoms with Crippen LogP contribution in [0.1, 0.15) is 12.8 Å². The van der Waals surface area contributed by atoms with E-state index in [1.165, 1.54) is 12.8 Å². The SMILES string of the molecule is O=C(O)COCC(=O)N1CCN(C2CC2)CC1. The van der Waals surface area contributed by atoms with Crippen LogP contribution in [0.5, 0.6) is 0 Å². The number of carbonyl (C=O) groups excluding carboxylic acids is 1. The fourth-order valence-corrected chi connectivity index (χ4v) is 2.09. The lowest BCUT2D eigenvalue weighted by atomic mass is 10.3. The highest BCUT2D eigenvalue weighted by Gasteiger charge is 2.32. The average molecular weight is 242 g/mol. The number of carbonyl (C=O) groups is 2. The van der Waals surface area contributed by atoms with E-state index in [2.05, 4.69) is 4.90 Å². The Labute approximate surface area is 100 Å². The molecule has 2 rings (SSSR count). The van der Waals surface area contributed by atoms with Gasteiger partial charge in [-0.05, 0) is 12.8 Å². The van der Waals surface area contributed by atoms with E-state index in [0.29, 0.717) is 0 Å². The Morgan fingerprint density at radius 1 is 1.12 bits per heavy atom. The first-order chi connectivity index (χ1) is 8.16. The van der Waals surface area contributed by atoms with Gasteiger partial charge in [0.1, 0.15) is 13.2 Å². The van der Waals surface area contributed by atoms with Gasteiger partial charge in [0.2, 0.25) is 5.91 Å². The zero-order chi connectivity index (χ0) is 12.3. The summed E-state index contributed by atoms with van der Waals surface area (Å²) in [6.07, 6.45) is 2.57. The molecule has 2 fully saturated rings.